The number of nitrogens with one attached hydrogen (secondary N) is 2. The van der Waals surface area contributed by atoms with Gasteiger partial charge in [-0.1, -0.05) is 35.9 Å². The Balaban J connectivity index is 1.89. The number of para-hydroxylation sites is 1. The third kappa shape index (κ3) is 5.36. The van der Waals surface area contributed by atoms with Gasteiger partial charge in [0.1, 0.15) is 0 Å². The fourth-order valence-electron chi connectivity index (χ4n) is 2.58. The number of aryl methyl sites for hydroxylation is 4. The number of rotatable bonds is 6. The molecule has 0 saturated heterocycles. The second-order valence-corrected chi connectivity index (χ2v) is 7.94. The molecule has 0 saturated carbocycles. The van der Waals surface area contributed by atoms with Gasteiger partial charge < -0.3 is 10.6 Å². The predicted octanol–water partition coefficient (Wildman–Crippen LogP) is 4.16. The summed E-state index contributed by atoms with van der Waals surface area (Å²) in [5.41, 5.74) is 5.13. The van der Waals surface area contributed by atoms with E-state index in [2.05, 4.69) is 28.8 Å². The van der Waals surface area contributed by atoms with Gasteiger partial charge in [0, 0.05) is 10.6 Å². The first kappa shape index (κ1) is 20.0. The van der Waals surface area contributed by atoms with Gasteiger partial charge in [0.15, 0.2) is 0 Å². The van der Waals surface area contributed by atoms with Gasteiger partial charge >= 0.3 is 0 Å². The van der Waals surface area contributed by atoms with Crippen molar-refractivity contribution < 1.29 is 9.59 Å². The normalized spacial score (nSPS) is 11.7. The summed E-state index contributed by atoms with van der Waals surface area (Å²) in [7, 11) is 0. The molecule has 2 amide bonds. The van der Waals surface area contributed by atoms with Crippen LogP contribution in [0.1, 0.15) is 29.2 Å². The summed E-state index contributed by atoms with van der Waals surface area (Å²) in [6.07, 6.45) is 0. The minimum absolute atomic E-state index is 0.0374. The van der Waals surface area contributed by atoms with E-state index in [1.54, 1.807) is 0 Å². The Morgan fingerprint density at radius 1 is 1.00 bits per heavy atom. The van der Waals surface area contributed by atoms with Crippen molar-refractivity contribution in [3.8, 4) is 0 Å². The molecule has 1 unspecified atom stereocenters. The molecule has 0 aliphatic rings. The monoisotopic (exact) mass is 370 g/mol. The topological polar surface area (TPSA) is 58.2 Å². The zero-order valence-corrected chi connectivity index (χ0v) is 16.8. The van der Waals surface area contributed by atoms with Crippen LogP contribution in [0.2, 0.25) is 0 Å². The number of carbonyl (C=O) groups is 2. The number of benzene rings is 2. The van der Waals surface area contributed by atoms with Crippen LogP contribution in [-0.4, -0.2) is 23.6 Å². The van der Waals surface area contributed by atoms with Crippen molar-refractivity contribution in [2.24, 2.45) is 0 Å². The fourth-order valence-corrected chi connectivity index (χ4v) is 3.66. The van der Waals surface area contributed by atoms with Crippen molar-refractivity contribution in [2.45, 2.75) is 44.8 Å². The lowest BCUT2D eigenvalue weighted by Gasteiger charge is -2.15. The van der Waals surface area contributed by atoms with Gasteiger partial charge in [-0.2, -0.15) is 0 Å². The number of hydrogen-bond donors (Lipinski definition) is 2. The average Bonchev–Trinajstić information content (AvgIpc) is 2.59. The minimum atomic E-state index is -0.275. The van der Waals surface area contributed by atoms with Crippen molar-refractivity contribution in [1.29, 1.82) is 0 Å². The van der Waals surface area contributed by atoms with Crippen LogP contribution in [0.5, 0.6) is 0 Å². The number of amides is 2. The molecule has 2 aromatic rings. The van der Waals surface area contributed by atoms with E-state index in [1.807, 2.05) is 52.8 Å². The summed E-state index contributed by atoms with van der Waals surface area (Å²) >= 11 is 1.51. The highest BCUT2D eigenvalue weighted by molar-refractivity contribution is 8.00. The maximum absolute atomic E-state index is 12.3. The second-order valence-electron chi connectivity index (χ2n) is 6.56. The SMILES string of the molecule is Cc1ccc(C)c(SC(C)C(=O)NCC(=O)Nc2c(C)cccc2C)c1. The van der Waals surface area contributed by atoms with Crippen LogP contribution in [0.15, 0.2) is 41.3 Å². The smallest absolute Gasteiger partial charge is 0.243 e. The Bertz CT molecular complexity index is 797. The molecule has 0 radical (unpaired) electrons. The molecule has 138 valence electrons. The maximum Gasteiger partial charge on any atom is 0.243 e. The first-order chi connectivity index (χ1) is 12.3. The fraction of sp³-hybridized carbons (Fsp3) is 0.333. The Hall–Kier alpha value is -2.27. The first-order valence-corrected chi connectivity index (χ1v) is 9.53. The van der Waals surface area contributed by atoms with Gasteiger partial charge in [-0.25, -0.2) is 0 Å². The van der Waals surface area contributed by atoms with Gasteiger partial charge in [-0.3, -0.25) is 9.59 Å². The number of hydrogen-bond acceptors (Lipinski definition) is 3. The van der Waals surface area contributed by atoms with Crippen molar-refractivity contribution >= 4 is 29.3 Å². The van der Waals surface area contributed by atoms with E-state index < -0.39 is 0 Å². The van der Waals surface area contributed by atoms with Crippen LogP contribution in [0, 0.1) is 27.7 Å². The minimum Gasteiger partial charge on any atom is -0.346 e. The molecule has 2 aromatic carbocycles. The first-order valence-electron chi connectivity index (χ1n) is 8.65. The average molecular weight is 371 g/mol. The van der Waals surface area contributed by atoms with Crippen LogP contribution in [0.3, 0.4) is 0 Å². The standard InChI is InChI=1S/C21H26N2O2S/c1-13-9-10-14(2)18(11-13)26-17(5)21(25)22-12-19(24)23-20-15(3)7-6-8-16(20)4/h6-11,17H,12H2,1-5H3,(H,22,25)(H,23,24). The Morgan fingerprint density at radius 2 is 1.65 bits per heavy atom. The van der Waals surface area contributed by atoms with E-state index >= 15 is 0 Å². The zero-order chi connectivity index (χ0) is 19.3. The third-order valence-corrected chi connectivity index (χ3v) is 5.45. The summed E-state index contributed by atoms with van der Waals surface area (Å²) in [6, 6.07) is 12.0. The van der Waals surface area contributed by atoms with Crippen molar-refractivity contribution in [1.82, 2.24) is 5.32 Å². The van der Waals surface area contributed by atoms with Crippen LogP contribution < -0.4 is 10.6 Å². The van der Waals surface area contributed by atoms with Gasteiger partial charge in [0.25, 0.3) is 0 Å². The van der Waals surface area contributed by atoms with Crippen LogP contribution >= 0.6 is 11.8 Å². The van der Waals surface area contributed by atoms with E-state index in [9.17, 15) is 9.59 Å². The molecule has 0 spiro atoms. The summed E-state index contributed by atoms with van der Waals surface area (Å²) in [4.78, 5) is 25.6. The number of anilines is 1. The molecule has 0 aliphatic heterocycles. The Labute approximate surface area is 159 Å². The van der Waals surface area contributed by atoms with Crippen molar-refractivity contribution in [2.75, 3.05) is 11.9 Å². The Kier molecular flexibility index (Phi) is 6.86. The molecule has 2 N–H and O–H groups in total. The molecule has 2 rings (SSSR count). The lowest BCUT2D eigenvalue weighted by Crippen LogP contribution is -2.37. The van der Waals surface area contributed by atoms with Gasteiger partial charge in [0.05, 0.1) is 11.8 Å². The second kappa shape index (κ2) is 8.90. The lowest BCUT2D eigenvalue weighted by atomic mass is 10.1. The number of carbonyl (C=O) groups excluding carboxylic acids is 2. The molecular formula is C21H26N2O2S. The summed E-state index contributed by atoms with van der Waals surface area (Å²) in [5.74, 6) is -0.368. The van der Waals surface area contributed by atoms with Crippen molar-refractivity contribution in [3.63, 3.8) is 0 Å². The summed E-state index contributed by atoms with van der Waals surface area (Å²) in [6.45, 7) is 9.78. The van der Waals surface area contributed by atoms with Crippen LogP contribution in [0.25, 0.3) is 0 Å². The molecule has 0 fully saturated rings. The largest absolute Gasteiger partial charge is 0.346 e. The van der Waals surface area contributed by atoms with E-state index in [0.717, 1.165) is 27.3 Å². The molecule has 0 bridgehead atoms. The molecule has 5 heteroatoms. The zero-order valence-electron chi connectivity index (χ0n) is 16.0. The highest BCUT2D eigenvalue weighted by Gasteiger charge is 2.17. The third-order valence-electron chi connectivity index (χ3n) is 4.19. The van der Waals surface area contributed by atoms with E-state index in [-0.39, 0.29) is 23.6 Å². The molecule has 0 heterocycles. The van der Waals surface area contributed by atoms with E-state index in [4.69, 9.17) is 0 Å². The Morgan fingerprint density at radius 3 is 2.31 bits per heavy atom. The van der Waals surface area contributed by atoms with Crippen molar-refractivity contribution in [3.05, 3.63) is 58.7 Å². The molecule has 26 heavy (non-hydrogen) atoms. The molecule has 4 nitrogen and oxygen atoms in total. The highest BCUT2D eigenvalue weighted by atomic mass is 32.2. The predicted molar refractivity (Wildman–Crippen MR) is 109 cm³/mol. The van der Waals surface area contributed by atoms with E-state index in [0.29, 0.717) is 0 Å². The quantitative estimate of drug-likeness (QED) is 0.751. The van der Waals surface area contributed by atoms with Gasteiger partial charge in [0.2, 0.25) is 11.8 Å². The molecule has 0 aromatic heterocycles. The van der Waals surface area contributed by atoms with Crippen LogP contribution in [0.4, 0.5) is 5.69 Å². The molecule has 1 atom stereocenters. The summed E-state index contributed by atoms with van der Waals surface area (Å²) in [5, 5.41) is 5.33. The number of thioether (sulfide) groups is 1. The highest BCUT2D eigenvalue weighted by Crippen LogP contribution is 2.27. The summed E-state index contributed by atoms with van der Waals surface area (Å²) < 4.78 is 0. The molecule has 0 aliphatic carbocycles. The molecular weight excluding hydrogens is 344 g/mol. The maximum atomic E-state index is 12.3. The lowest BCUT2D eigenvalue weighted by molar-refractivity contribution is -0.123. The van der Waals surface area contributed by atoms with E-state index in [1.165, 1.54) is 17.3 Å². The van der Waals surface area contributed by atoms with Gasteiger partial charge in [-0.15, -0.1) is 11.8 Å². The van der Waals surface area contributed by atoms with Crippen LogP contribution in [-0.2, 0) is 9.59 Å². The van der Waals surface area contributed by atoms with Gasteiger partial charge in [-0.05, 0) is 57.4 Å².